The third kappa shape index (κ3) is 4.33. The van der Waals surface area contributed by atoms with E-state index >= 15 is 0 Å². The van der Waals surface area contributed by atoms with E-state index in [4.69, 9.17) is 4.74 Å². The van der Waals surface area contributed by atoms with E-state index in [-0.39, 0.29) is 11.9 Å². The minimum Gasteiger partial charge on any atom is -0.476 e. The van der Waals surface area contributed by atoms with Crippen LogP contribution >= 0.6 is 0 Å². The lowest BCUT2D eigenvalue weighted by atomic mass is 10.1. The van der Waals surface area contributed by atoms with Gasteiger partial charge in [0.15, 0.2) is 0 Å². The van der Waals surface area contributed by atoms with Crippen LogP contribution in [0.5, 0.6) is 5.88 Å². The van der Waals surface area contributed by atoms with Crippen LogP contribution in [-0.4, -0.2) is 46.5 Å². The summed E-state index contributed by atoms with van der Waals surface area (Å²) < 4.78 is 5.79. The summed E-state index contributed by atoms with van der Waals surface area (Å²) in [6, 6.07) is 0.241. The van der Waals surface area contributed by atoms with Crippen molar-refractivity contribution in [2.75, 3.05) is 25.0 Å². The average Bonchev–Trinajstić information content (AvgIpc) is 3.24. The molecule has 6 heteroatoms. The van der Waals surface area contributed by atoms with Crippen molar-refractivity contribution < 1.29 is 9.53 Å². The number of rotatable bonds is 6. The maximum atomic E-state index is 11.7. The van der Waals surface area contributed by atoms with Gasteiger partial charge in [-0.1, -0.05) is 19.8 Å². The molecule has 0 radical (unpaired) electrons. The molecule has 2 fully saturated rings. The van der Waals surface area contributed by atoms with E-state index in [1.165, 1.54) is 25.7 Å². The molecule has 1 unspecified atom stereocenters. The molecule has 0 bridgehead atoms. The Morgan fingerprint density at radius 1 is 1.35 bits per heavy atom. The Hall–Kier alpha value is -1.85. The van der Waals surface area contributed by atoms with Crippen LogP contribution in [0.1, 0.15) is 45.4 Å². The van der Waals surface area contributed by atoms with Gasteiger partial charge in [-0.25, -0.2) is 0 Å². The summed E-state index contributed by atoms with van der Waals surface area (Å²) in [4.78, 5) is 22.3. The summed E-state index contributed by atoms with van der Waals surface area (Å²) >= 11 is 0. The van der Waals surface area contributed by atoms with Crippen LogP contribution in [0.2, 0.25) is 0 Å². The molecular formula is C17H26N4O2. The fourth-order valence-corrected chi connectivity index (χ4v) is 3.40. The number of nitrogens with zero attached hydrogens (tertiary/aromatic N) is 3. The lowest BCUT2D eigenvalue weighted by Gasteiger charge is -2.17. The van der Waals surface area contributed by atoms with Crippen molar-refractivity contribution in [3.63, 3.8) is 0 Å². The summed E-state index contributed by atoms with van der Waals surface area (Å²) in [7, 11) is 0. The zero-order valence-electron chi connectivity index (χ0n) is 13.8. The third-order valence-electron chi connectivity index (χ3n) is 4.75. The van der Waals surface area contributed by atoms with Gasteiger partial charge in [-0.3, -0.25) is 9.78 Å². The van der Waals surface area contributed by atoms with E-state index in [9.17, 15) is 4.79 Å². The van der Waals surface area contributed by atoms with Gasteiger partial charge in [0.2, 0.25) is 11.8 Å². The monoisotopic (exact) mass is 318 g/mol. The van der Waals surface area contributed by atoms with Gasteiger partial charge >= 0.3 is 0 Å². The molecule has 2 heterocycles. The maximum absolute atomic E-state index is 11.7. The summed E-state index contributed by atoms with van der Waals surface area (Å²) in [6.45, 7) is 4.19. The lowest BCUT2D eigenvalue weighted by Crippen LogP contribution is -2.31. The highest BCUT2D eigenvalue weighted by molar-refractivity contribution is 5.76. The highest BCUT2D eigenvalue weighted by Crippen LogP contribution is 2.25. The molecule has 0 spiro atoms. The average molecular weight is 318 g/mol. The van der Waals surface area contributed by atoms with Gasteiger partial charge in [0.25, 0.3) is 0 Å². The quantitative estimate of drug-likeness (QED) is 0.873. The van der Waals surface area contributed by atoms with Gasteiger partial charge in [0.05, 0.1) is 19.0 Å². The molecular weight excluding hydrogens is 292 g/mol. The van der Waals surface area contributed by atoms with Gasteiger partial charge in [-0.15, -0.1) is 0 Å². The van der Waals surface area contributed by atoms with Gasteiger partial charge in [0, 0.05) is 25.6 Å². The van der Waals surface area contributed by atoms with E-state index in [0.29, 0.717) is 18.2 Å². The predicted octanol–water partition coefficient (Wildman–Crippen LogP) is 2.47. The van der Waals surface area contributed by atoms with Crippen LogP contribution < -0.4 is 10.1 Å². The normalized spacial score (nSPS) is 21.6. The molecule has 1 aliphatic carbocycles. The SMILES string of the molecule is CCC(=O)N1CCC(Nc2cncc(OCC3CCCC3)n2)C1. The minimum atomic E-state index is 0.217. The lowest BCUT2D eigenvalue weighted by molar-refractivity contribution is -0.129. The number of nitrogens with one attached hydrogen (secondary N) is 1. The first kappa shape index (κ1) is 16.0. The first-order chi connectivity index (χ1) is 11.2. The zero-order chi connectivity index (χ0) is 16.1. The Bertz CT molecular complexity index is 531. The summed E-state index contributed by atoms with van der Waals surface area (Å²) in [6.07, 6.45) is 10.0. The summed E-state index contributed by atoms with van der Waals surface area (Å²) in [5.74, 6) is 2.19. The topological polar surface area (TPSA) is 67.4 Å². The van der Waals surface area contributed by atoms with Gasteiger partial charge in [0.1, 0.15) is 5.82 Å². The standard InChI is InChI=1S/C17H26N4O2/c1-2-17(22)21-8-7-14(11-21)19-15-9-18-10-16(20-15)23-12-13-5-3-4-6-13/h9-10,13-14H,2-8,11-12H2,1H3,(H,19,20). The van der Waals surface area contributed by atoms with Gasteiger partial charge < -0.3 is 15.0 Å². The van der Waals surface area contributed by atoms with Crippen LogP contribution in [0.4, 0.5) is 5.82 Å². The number of anilines is 1. The Kier molecular flexibility index (Phi) is 5.31. The minimum absolute atomic E-state index is 0.217. The Labute approximate surface area is 137 Å². The molecule has 2 aliphatic rings. The molecule has 1 atom stereocenters. The van der Waals surface area contributed by atoms with Crippen molar-refractivity contribution >= 4 is 11.7 Å². The van der Waals surface area contributed by atoms with Crippen molar-refractivity contribution in [3.05, 3.63) is 12.4 Å². The highest BCUT2D eigenvalue weighted by atomic mass is 16.5. The van der Waals surface area contributed by atoms with E-state index in [2.05, 4.69) is 15.3 Å². The van der Waals surface area contributed by atoms with Crippen LogP contribution in [0.25, 0.3) is 0 Å². The predicted molar refractivity (Wildman–Crippen MR) is 88.4 cm³/mol. The molecule has 23 heavy (non-hydrogen) atoms. The number of carbonyl (C=O) groups is 1. The molecule has 1 aromatic rings. The fraction of sp³-hybridized carbons (Fsp3) is 0.706. The Morgan fingerprint density at radius 3 is 2.96 bits per heavy atom. The van der Waals surface area contributed by atoms with E-state index in [1.807, 2.05) is 11.8 Å². The van der Waals surface area contributed by atoms with Crippen LogP contribution in [0, 0.1) is 5.92 Å². The summed E-state index contributed by atoms with van der Waals surface area (Å²) in [5, 5.41) is 3.37. The molecule has 1 aromatic heterocycles. The van der Waals surface area contributed by atoms with Gasteiger partial charge in [-0.2, -0.15) is 4.98 Å². The van der Waals surface area contributed by atoms with Crippen molar-refractivity contribution in [1.82, 2.24) is 14.9 Å². The van der Waals surface area contributed by atoms with Crippen LogP contribution in [0.3, 0.4) is 0 Å². The number of hydrogen-bond donors (Lipinski definition) is 1. The van der Waals surface area contributed by atoms with Gasteiger partial charge in [-0.05, 0) is 25.2 Å². The molecule has 1 saturated carbocycles. The van der Waals surface area contributed by atoms with Crippen molar-refractivity contribution in [3.8, 4) is 5.88 Å². The highest BCUT2D eigenvalue weighted by Gasteiger charge is 2.25. The second kappa shape index (κ2) is 7.62. The number of hydrogen-bond acceptors (Lipinski definition) is 5. The third-order valence-corrected chi connectivity index (χ3v) is 4.75. The molecule has 6 nitrogen and oxygen atoms in total. The number of likely N-dealkylation sites (tertiary alicyclic amines) is 1. The number of ether oxygens (including phenoxy) is 1. The van der Waals surface area contributed by atoms with E-state index < -0.39 is 0 Å². The first-order valence-corrected chi connectivity index (χ1v) is 8.73. The molecule has 126 valence electrons. The second-order valence-electron chi connectivity index (χ2n) is 6.53. The number of amides is 1. The molecule has 3 rings (SSSR count). The molecule has 1 aliphatic heterocycles. The Morgan fingerprint density at radius 2 is 2.17 bits per heavy atom. The van der Waals surface area contributed by atoms with Crippen LogP contribution in [-0.2, 0) is 4.79 Å². The zero-order valence-corrected chi connectivity index (χ0v) is 13.8. The van der Waals surface area contributed by atoms with Crippen molar-refractivity contribution in [1.29, 1.82) is 0 Å². The van der Waals surface area contributed by atoms with E-state index in [0.717, 1.165) is 31.9 Å². The largest absolute Gasteiger partial charge is 0.476 e. The maximum Gasteiger partial charge on any atom is 0.234 e. The van der Waals surface area contributed by atoms with E-state index in [1.54, 1.807) is 12.4 Å². The first-order valence-electron chi connectivity index (χ1n) is 8.73. The smallest absolute Gasteiger partial charge is 0.234 e. The van der Waals surface area contributed by atoms with Crippen molar-refractivity contribution in [2.45, 2.75) is 51.5 Å². The second-order valence-corrected chi connectivity index (χ2v) is 6.53. The molecule has 1 amide bonds. The number of aromatic nitrogens is 2. The molecule has 0 aromatic carbocycles. The fourth-order valence-electron chi connectivity index (χ4n) is 3.40. The molecule has 1 N–H and O–H groups in total. The number of carbonyl (C=O) groups excluding carboxylic acids is 1. The molecule has 1 saturated heterocycles. The van der Waals surface area contributed by atoms with Crippen molar-refractivity contribution in [2.24, 2.45) is 5.92 Å². The van der Waals surface area contributed by atoms with Crippen LogP contribution in [0.15, 0.2) is 12.4 Å². The Balaban J connectivity index is 1.50. The summed E-state index contributed by atoms with van der Waals surface area (Å²) in [5.41, 5.74) is 0.